The minimum Gasteiger partial charge on any atom is -0.493 e. The Hall–Kier alpha value is -5.72. The van der Waals surface area contributed by atoms with Gasteiger partial charge >= 0.3 is 5.97 Å². The molecule has 1 aromatic heterocycles. The fraction of sp³-hybridized carbons (Fsp3) is 0.464. The molecule has 0 bridgehead atoms. The lowest BCUT2D eigenvalue weighted by atomic mass is 9.93. The number of aliphatic imine (C=N–C) groups is 1. The average Bonchev–Trinajstić information content (AvgIpc) is 4.11. The molecule has 17 heteroatoms. The maximum absolute atomic E-state index is 14.1. The summed E-state index contributed by atoms with van der Waals surface area (Å²) in [6, 6.07) is 19.5. The molecule has 15 nitrogen and oxygen atoms in total. The van der Waals surface area contributed by atoms with Crippen molar-refractivity contribution in [2.24, 2.45) is 4.99 Å². The van der Waals surface area contributed by atoms with E-state index in [1.54, 1.807) is 37.1 Å². The molecule has 4 aromatic rings. The number of fused-ring (bicyclic) bond motifs is 7. The van der Waals surface area contributed by atoms with Crippen LogP contribution in [0.2, 0.25) is 0 Å². The van der Waals surface area contributed by atoms with Crippen LogP contribution in [-0.2, 0) is 34.1 Å². The fourth-order valence-electron chi connectivity index (χ4n) is 10.6. The zero-order valence-corrected chi connectivity index (χ0v) is 44.0. The standard InChI is InChI=1S/C56H66N6O9S2/c1-35(13-10-19-56(2,3)73-72-22-11-18-53(63)71-60-20-12-21-70-60)38-23-39(33-68-51-29-45-43(27-49(51)66-4)54(64)61-41(31-57-45)25-36-14-6-8-16-47(36)61)59-40(24-38)34-69-52-30-46-44(28-50(52)67-5)55(65)62-42(32-58-46)26-37-15-7-9-17-48(37)62/h6-8,14-16,23-24,27-31,35,41-42,55,58,65H,9-13,17-22,25-26,32-34H2,1-5H3. The van der Waals surface area contributed by atoms with Crippen LogP contribution >= 0.6 is 21.6 Å². The van der Waals surface area contributed by atoms with E-state index in [1.807, 2.05) is 52.2 Å². The van der Waals surface area contributed by atoms with Gasteiger partial charge in [-0.25, -0.2) is 0 Å². The Kier molecular flexibility index (Phi) is 15.6. The van der Waals surface area contributed by atoms with Crippen molar-refractivity contribution in [2.45, 2.75) is 127 Å². The van der Waals surface area contributed by atoms with Crippen LogP contribution in [0.25, 0.3) is 0 Å². The molecular formula is C56H66N6O9S2. The number of pyridine rings is 1. The van der Waals surface area contributed by atoms with Crippen molar-refractivity contribution in [3.63, 3.8) is 0 Å². The monoisotopic (exact) mass is 1030 g/mol. The number of para-hydroxylation sites is 1. The Morgan fingerprint density at radius 3 is 2.55 bits per heavy atom. The van der Waals surface area contributed by atoms with E-state index in [2.05, 4.69) is 61.3 Å². The number of ether oxygens (including phenoxy) is 4. The normalized spacial score (nSPS) is 20.2. The quantitative estimate of drug-likeness (QED) is 0.0636. The van der Waals surface area contributed by atoms with Gasteiger partial charge in [0.2, 0.25) is 0 Å². The predicted octanol–water partition coefficient (Wildman–Crippen LogP) is 10.9. The van der Waals surface area contributed by atoms with Crippen molar-refractivity contribution in [3.05, 3.63) is 118 Å². The number of anilines is 2. The van der Waals surface area contributed by atoms with Crippen molar-refractivity contribution in [3.8, 4) is 23.0 Å². The smallest absolute Gasteiger partial charge is 0.328 e. The molecule has 4 unspecified atom stereocenters. The minimum atomic E-state index is -0.819. The van der Waals surface area contributed by atoms with Crippen LogP contribution in [0.15, 0.2) is 89.1 Å². The highest BCUT2D eigenvalue weighted by Crippen LogP contribution is 2.47. The number of hydroxylamine groups is 2. The first kappa shape index (κ1) is 50.8. The lowest BCUT2D eigenvalue weighted by molar-refractivity contribution is -0.318. The summed E-state index contributed by atoms with van der Waals surface area (Å²) in [5.41, 5.74) is 9.66. The molecular weight excluding hydrogens is 965 g/mol. The Labute approximate surface area is 436 Å². The number of aliphatic hydroxyl groups excluding tert-OH is 1. The van der Waals surface area contributed by atoms with Crippen molar-refractivity contribution >= 4 is 56.7 Å². The summed E-state index contributed by atoms with van der Waals surface area (Å²) in [4.78, 5) is 50.8. The number of nitrogens with zero attached hydrogens (tertiary/aromatic N) is 5. The van der Waals surface area contributed by atoms with E-state index in [9.17, 15) is 14.7 Å². The molecule has 386 valence electrons. The lowest BCUT2D eigenvalue weighted by Crippen LogP contribution is -2.37. The molecule has 6 aliphatic rings. The predicted molar refractivity (Wildman–Crippen MR) is 286 cm³/mol. The number of carbonyl (C=O) groups is 2. The molecule has 1 aliphatic carbocycles. The van der Waals surface area contributed by atoms with E-state index < -0.39 is 6.23 Å². The summed E-state index contributed by atoms with van der Waals surface area (Å²) in [7, 11) is 6.87. The molecule has 2 N–H and O–H groups in total. The number of hydrogen-bond donors (Lipinski definition) is 2. The van der Waals surface area contributed by atoms with Gasteiger partial charge in [-0.3, -0.25) is 29.3 Å². The highest BCUT2D eigenvalue weighted by molar-refractivity contribution is 8.77. The first-order valence-corrected chi connectivity index (χ1v) is 27.9. The number of amides is 1. The van der Waals surface area contributed by atoms with E-state index in [1.165, 1.54) is 16.5 Å². The van der Waals surface area contributed by atoms with E-state index in [-0.39, 0.29) is 47.8 Å². The van der Waals surface area contributed by atoms with Gasteiger partial charge in [0.15, 0.2) is 29.2 Å². The molecule has 0 spiro atoms. The van der Waals surface area contributed by atoms with Crippen LogP contribution in [0.3, 0.4) is 0 Å². The number of hydrogen-bond acceptors (Lipinski definition) is 16. The molecule has 10 rings (SSSR count). The van der Waals surface area contributed by atoms with Crippen molar-refractivity contribution in [2.75, 3.05) is 49.9 Å². The van der Waals surface area contributed by atoms with Gasteiger partial charge in [-0.15, -0.1) is 0 Å². The zero-order valence-electron chi connectivity index (χ0n) is 42.4. The Bertz CT molecular complexity index is 2800. The third kappa shape index (κ3) is 11.4. The van der Waals surface area contributed by atoms with Gasteiger partial charge in [0.05, 0.1) is 62.1 Å². The topological polar surface area (TPSA) is 157 Å². The van der Waals surface area contributed by atoms with Gasteiger partial charge in [0.1, 0.15) is 13.2 Å². The average molecular weight is 1030 g/mol. The molecule has 1 amide bonds. The zero-order chi connectivity index (χ0) is 50.6. The molecule has 1 fully saturated rings. The van der Waals surface area contributed by atoms with Gasteiger partial charge in [0.25, 0.3) is 5.91 Å². The minimum absolute atomic E-state index is 0.0360. The maximum Gasteiger partial charge on any atom is 0.328 e. The molecule has 6 heterocycles. The molecule has 4 atom stereocenters. The van der Waals surface area contributed by atoms with Crippen molar-refractivity contribution in [1.29, 1.82) is 0 Å². The van der Waals surface area contributed by atoms with E-state index in [0.717, 1.165) is 90.9 Å². The van der Waals surface area contributed by atoms with Crippen molar-refractivity contribution in [1.82, 2.24) is 15.1 Å². The number of nitrogens with one attached hydrogen (secondary N) is 1. The van der Waals surface area contributed by atoms with Crippen LogP contribution in [0.5, 0.6) is 23.0 Å². The number of benzene rings is 3. The summed E-state index contributed by atoms with van der Waals surface area (Å²) < 4.78 is 24.9. The second-order valence-corrected chi connectivity index (χ2v) is 23.2. The van der Waals surface area contributed by atoms with Gasteiger partial charge in [-0.2, -0.15) is 0 Å². The first-order valence-electron chi connectivity index (χ1n) is 25.6. The summed E-state index contributed by atoms with van der Waals surface area (Å²) in [6.07, 6.45) is 13.9. The largest absolute Gasteiger partial charge is 0.493 e. The van der Waals surface area contributed by atoms with E-state index in [0.29, 0.717) is 72.5 Å². The van der Waals surface area contributed by atoms with Crippen LogP contribution < -0.4 is 29.2 Å². The third-order valence-electron chi connectivity index (χ3n) is 14.4. The highest BCUT2D eigenvalue weighted by atomic mass is 33.1. The van der Waals surface area contributed by atoms with Gasteiger partial charge < -0.3 is 39.1 Å². The second-order valence-electron chi connectivity index (χ2n) is 20.1. The van der Waals surface area contributed by atoms with Gasteiger partial charge in [-0.05, 0) is 117 Å². The highest BCUT2D eigenvalue weighted by Gasteiger charge is 2.40. The number of aliphatic hydroxyl groups is 1. The van der Waals surface area contributed by atoms with Gasteiger partial charge in [-0.1, -0.05) is 65.3 Å². The Morgan fingerprint density at radius 1 is 0.986 bits per heavy atom. The Morgan fingerprint density at radius 2 is 1.77 bits per heavy atom. The summed E-state index contributed by atoms with van der Waals surface area (Å²) >= 11 is 0. The lowest BCUT2D eigenvalue weighted by Gasteiger charge is -2.32. The number of aromatic nitrogens is 1. The summed E-state index contributed by atoms with van der Waals surface area (Å²) in [6.45, 7) is 8.99. The molecule has 5 aliphatic heterocycles. The number of allylic oxidation sites excluding steroid dienone is 3. The first-order chi connectivity index (χ1) is 35.4. The number of rotatable bonds is 20. The van der Waals surface area contributed by atoms with E-state index >= 15 is 0 Å². The fourth-order valence-corrected chi connectivity index (χ4v) is 13.3. The molecule has 3 aromatic carbocycles. The molecule has 1 saturated heterocycles. The summed E-state index contributed by atoms with van der Waals surface area (Å²) in [5, 5.41) is 16.8. The summed E-state index contributed by atoms with van der Waals surface area (Å²) in [5.74, 6) is 2.62. The maximum atomic E-state index is 14.1. The molecule has 73 heavy (non-hydrogen) atoms. The Balaban J connectivity index is 0.838. The van der Waals surface area contributed by atoms with Crippen LogP contribution in [0.1, 0.15) is 129 Å². The molecule has 0 radical (unpaired) electrons. The second kappa shape index (κ2) is 22.4. The van der Waals surface area contributed by atoms with Crippen molar-refractivity contribution < 1.29 is 43.3 Å². The number of methoxy groups -OCH3 is 2. The van der Waals surface area contributed by atoms with Crippen LogP contribution in [0.4, 0.5) is 17.1 Å². The van der Waals surface area contributed by atoms with Gasteiger partial charge in [0, 0.05) is 70.9 Å². The van der Waals surface area contributed by atoms with E-state index in [4.69, 9.17) is 38.6 Å². The SMILES string of the molecule is COc1cc2c(cc1OCc1cc(C(C)CCCC(C)(C)SSCCCC(=O)ON3CCCO3)cc(COc3cc4c(cc3OC)C(O)N3C5=C(C=CCC5)CC3CN4)n1)N=CC1Cc3ccccc3N1C2=O. The van der Waals surface area contributed by atoms with Crippen LogP contribution in [0, 0.1) is 0 Å². The third-order valence-corrected chi connectivity index (χ3v) is 17.9. The van der Waals surface area contributed by atoms with Crippen LogP contribution in [-0.4, -0.2) is 94.8 Å². The molecule has 0 saturated carbocycles. The number of carbonyl (C=O) groups excluding carboxylic acids is 2.